The Balaban J connectivity index is 2.06. The molecule has 1 aliphatic carbocycles. The van der Waals surface area contributed by atoms with Crippen LogP contribution in [0.25, 0.3) is 11.0 Å². The molecule has 2 atom stereocenters. The Morgan fingerprint density at radius 1 is 1.16 bits per heavy atom. The molecule has 1 aliphatic heterocycles. The van der Waals surface area contributed by atoms with Crippen molar-refractivity contribution in [3.05, 3.63) is 58.5 Å². The van der Waals surface area contributed by atoms with E-state index in [-0.39, 0.29) is 17.8 Å². The largest absolute Gasteiger partial charge is 0.508 e. The monoisotopic (exact) mass is 254 g/mol. The summed E-state index contributed by atoms with van der Waals surface area (Å²) in [5.41, 5.74) is 0.500. The van der Waals surface area contributed by atoms with Crippen molar-refractivity contribution in [2.75, 3.05) is 0 Å². The summed E-state index contributed by atoms with van der Waals surface area (Å²) in [7, 11) is 0. The molecule has 0 bridgehead atoms. The van der Waals surface area contributed by atoms with Gasteiger partial charge in [-0.05, 0) is 18.2 Å². The third kappa shape index (κ3) is 1.37. The van der Waals surface area contributed by atoms with E-state index < -0.39 is 5.63 Å². The van der Waals surface area contributed by atoms with Crippen molar-refractivity contribution in [1.29, 1.82) is 0 Å². The summed E-state index contributed by atoms with van der Waals surface area (Å²) in [5, 5.41) is 10.2. The smallest absolute Gasteiger partial charge is 0.344 e. The number of benzene rings is 1. The Labute approximate surface area is 108 Å². The molecule has 19 heavy (non-hydrogen) atoms. The minimum atomic E-state index is -0.402. The van der Waals surface area contributed by atoms with E-state index in [2.05, 4.69) is 0 Å². The van der Waals surface area contributed by atoms with Crippen LogP contribution < -0.4 is 10.4 Å². The number of allylic oxidation sites excluding steroid dienone is 2. The van der Waals surface area contributed by atoms with Crippen molar-refractivity contribution >= 4 is 11.0 Å². The lowest BCUT2D eigenvalue weighted by Crippen LogP contribution is -2.18. The van der Waals surface area contributed by atoms with E-state index in [1.807, 2.05) is 24.3 Å². The highest BCUT2D eigenvalue weighted by Gasteiger charge is 2.36. The summed E-state index contributed by atoms with van der Waals surface area (Å²) in [6.07, 6.45) is 7.53. The fraction of sp³-hybridized carbons (Fsp3) is 0.133. The van der Waals surface area contributed by atoms with Gasteiger partial charge in [-0.3, -0.25) is 0 Å². The summed E-state index contributed by atoms with van der Waals surface area (Å²) < 4.78 is 11.1. The maximum atomic E-state index is 12.1. The third-order valence-corrected chi connectivity index (χ3v) is 3.55. The predicted molar refractivity (Wildman–Crippen MR) is 69.6 cm³/mol. The van der Waals surface area contributed by atoms with Gasteiger partial charge in [0.1, 0.15) is 23.2 Å². The first kappa shape index (κ1) is 10.4. The van der Waals surface area contributed by atoms with E-state index in [0.717, 1.165) is 0 Å². The number of rotatable bonds is 0. The molecule has 0 saturated carbocycles. The minimum Gasteiger partial charge on any atom is -0.508 e. The Kier molecular flexibility index (Phi) is 1.93. The Hall–Kier alpha value is -2.49. The molecule has 94 valence electrons. The van der Waals surface area contributed by atoms with Gasteiger partial charge in [-0.25, -0.2) is 4.79 Å². The second-order valence-corrected chi connectivity index (χ2v) is 4.69. The van der Waals surface area contributed by atoms with E-state index in [4.69, 9.17) is 9.15 Å². The van der Waals surface area contributed by atoms with Gasteiger partial charge in [-0.2, -0.15) is 0 Å². The maximum absolute atomic E-state index is 12.1. The highest BCUT2D eigenvalue weighted by Crippen LogP contribution is 2.43. The van der Waals surface area contributed by atoms with Gasteiger partial charge >= 0.3 is 5.63 Å². The van der Waals surface area contributed by atoms with Gasteiger partial charge in [-0.15, -0.1) is 0 Å². The number of aromatic hydroxyl groups is 1. The van der Waals surface area contributed by atoms with Gasteiger partial charge in [0.2, 0.25) is 0 Å². The van der Waals surface area contributed by atoms with Gasteiger partial charge < -0.3 is 14.3 Å². The predicted octanol–water partition coefficient (Wildman–Crippen LogP) is 2.47. The van der Waals surface area contributed by atoms with Crippen LogP contribution in [0.2, 0.25) is 0 Å². The molecule has 2 heterocycles. The van der Waals surface area contributed by atoms with Crippen LogP contribution in [0.15, 0.2) is 51.7 Å². The fourth-order valence-electron chi connectivity index (χ4n) is 2.69. The summed E-state index contributed by atoms with van der Waals surface area (Å²) in [6, 6.07) is 4.69. The van der Waals surface area contributed by atoms with E-state index in [0.29, 0.717) is 22.3 Å². The molecule has 0 saturated heterocycles. The third-order valence-electron chi connectivity index (χ3n) is 3.55. The van der Waals surface area contributed by atoms with Crippen LogP contribution >= 0.6 is 0 Å². The van der Waals surface area contributed by atoms with Gasteiger partial charge in [0.05, 0.1) is 16.9 Å². The number of hydrogen-bond donors (Lipinski definition) is 1. The second-order valence-electron chi connectivity index (χ2n) is 4.69. The van der Waals surface area contributed by atoms with Crippen molar-refractivity contribution in [3.8, 4) is 11.5 Å². The Morgan fingerprint density at radius 3 is 2.89 bits per heavy atom. The van der Waals surface area contributed by atoms with E-state index >= 15 is 0 Å². The van der Waals surface area contributed by atoms with Gasteiger partial charge in [0.15, 0.2) is 0 Å². The van der Waals surface area contributed by atoms with Crippen LogP contribution in [0.4, 0.5) is 0 Å². The standard InChI is InChI=1S/C15H10O4/c16-8-5-6-10-12(7-8)19-15(17)13-9-3-1-2-4-11(9)18-14(10)13/h1-7,9,11,16H. The Bertz CT molecular complexity index is 798. The van der Waals surface area contributed by atoms with Crippen molar-refractivity contribution in [2.45, 2.75) is 12.0 Å². The first-order chi connectivity index (χ1) is 9.24. The summed E-state index contributed by atoms with van der Waals surface area (Å²) in [6.45, 7) is 0. The second kappa shape index (κ2) is 3.51. The molecule has 0 radical (unpaired) electrons. The van der Waals surface area contributed by atoms with Crippen LogP contribution in [-0.2, 0) is 0 Å². The maximum Gasteiger partial charge on any atom is 0.344 e. The average Bonchev–Trinajstić information content (AvgIpc) is 2.78. The first-order valence-electron chi connectivity index (χ1n) is 6.05. The number of phenols is 1. The Morgan fingerprint density at radius 2 is 2.00 bits per heavy atom. The van der Waals surface area contributed by atoms with Crippen LogP contribution in [0.1, 0.15) is 11.5 Å². The lowest BCUT2D eigenvalue weighted by Gasteiger charge is -2.13. The van der Waals surface area contributed by atoms with Crippen molar-refractivity contribution in [1.82, 2.24) is 0 Å². The highest BCUT2D eigenvalue weighted by molar-refractivity contribution is 5.86. The van der Waals surface area contributed by atoms with E-state index in [1.54, 1.807) is 12.1 Å². The SMILES string of the molecule is O=c1oc2cc(O)ccc2c2c1C1C=CC=CC1O2. The summed E-state index contributed by atoms with van der Waals surface area (Å²) >= 11 is 0. The molecule has 2 aliphatic rings. The molecule has 1 aromatic heterocycles. The van der Waals surface area contributed by atoms with Crippen LogP contribution in [-0.4, -0.2) is 11.2 Å². The lowest BCUT2D eigenvalue weighted by atomic mass is 9.93. The van der Waals surface area contributed by atoms with Gasteiger partial charge in [0.25, 0.3) is 0 Å². The highest BCUT2D eigenvalue weighted by atomic mass is 16.5. The molecule has 2 unspecified atom stereocenters. The number of phenolic OH excluding ortho intramolecular Hbond substituents is 1. The summed E-state index contributed by atoms with van der Waals surface area (Å²) in [4.78, 5) is 12.1. The molecule has 0 spiro atoms. The topological polar surface area (TPSA) is 59.7 Å². The molecule has 4 rings (SSSR count). The van der Waals surface area contributed by atoms with Crippen LogP contribution in [0.5, 0.6) is 11.5 Å². The number of hydrogen-bond acceptors (Lipinski definition) is 4. The molecule has 1 aromatic carbocycles. The first-order valence-corrected chi connectivity index (χ1v) is 6.05. The quantitative estimate of drug-likeness (QED) is 0.734. The molecular weight excluding hydrogens is 244 g/mol. The van der Waals surface area contributed by atoms with Crippen LogP contribution in [0, 0.1) is 0 Å². The van der Waals surface area contributed by atoms with Crippen molar-refractivity contribution < 1.29 is 14.3 Å². The molecule has 0 amide bonds. The van der Waals surface area contributed by atoms with Crippen molar-refractivity contribution in [3.63, 3.8) is 0 Å². The summed E-state index contributed by atoms with van der Waals surface area (Å²) in [5.74, 6) is 0.540. The fourth-order valence-corrected chi connectivity index (χ4v) is 2.69. The van der Waals surface area contributed by atoms with Gasteiger partial charge in [0, 0.05) is 6.07 Å². The molecule has 0 fully saturated rings. The molecule has 4 heteroatoms. The lowest BCUT2D eigenvalue weighted by molar-refractivity contribution is 0.271. The zero-order chi connectivity index (χ0) is 13.0. The normalized spacial score (nSPS) is 23.2. The number of fused-ring (bicyclic) bond motifs is 5. The zero-order valence-corrected chi connectivity index (χ0v) is 9.87. The zero-order valence-electron chi connectivity index (χ0n) is 9.87. The number of ether oxygens (including phenoxy) is 1. The average molecular weight is 254 g/mol. The molecule has 1 N–H and O–H groups in total. The van der Waals surface area contributed by atoms with Gasteiger partial charge in [-0.1, -0.05) is 18.2 Å². The van der Waals surface area contributed by atoms with Crippen LogP contribution in [0.3, 0.4) is 0 Å². The molecule has 4 nitrogen and oxygen atoms in total. The molecule has 2 aromatic rings. The minimum absolute atomic E-state index is 0.0609. The van der Waals surface area contributed by atoms with E-state index in [1.165, 1.54) is 6.07 Å². The van der Waals surface area contributed by atoms with Crippen molar-refractivity contribution in [2.24, 2.45) is 0 Å². The van der Waals surface area contributed by atoms with E-state index in [9.17, 15) is 9.90 Å². The molecular formula is C15H10O4.